The fraction of sp³-hybridized carbons (Fsp3) is 0.737. The molecule has 0 aromatic heterocycles. The average Bonchev–Trinajstić information content (AvgIpc) is 3.02. The first-order valence-electron chi connectivity index (χ1n) is 9.75. The van der Waals surface area contributed by atoms with Crippen LogP contribution in [0.15, 0.2) is 12.2 Å². The highest BCUT2D eigenvalue weighted by atomic mass is 31.2. The van der Waals surface area contributed by atoms with Crippen LogP contribution in [0.25, 0.3) is 0 Å². The van der Waals surface area contributed by atoms with E-state index in [1.54, 1.807) is 39.8 Å². The van der Waals surface area contributed by atoms with Gasteiger partial charge in [0.25, 0.3) is 0 Å². The molecular weight excluding hydrogens is 383 g/mol. The van der Waals surface area contributed by atoms with Gasteiger partial charge in [-0.1, -0.05) is 12.2 Å². The number of nitrogens with zero attached hydrogens (tertiary/aromatic N) is 2. The highest BCUT2D eigenvalue weighted by Crippen LogP contribution is 2.58. The minimum absolute atomic E-state index is 0.187. The molecule has 0 aromatic rings. The molecule has 8 nitrogen and oxygen atoms in total. The van der Waals surface area contributed by atoms with Gasteiger partial charge in [0.1, 0.15) is 6.04 Å². The van der Waals surface area contributed by atoms with E-state index in [0.717, 1.165) is 0 Å². The lowest BCUT2D eigenvalue weighted by Gasteiger charge is -2.40. The zero-order valence-electron chi connectivity index (χ0n) is 16.9. The van der Waals surface area contributed by atoms with E-state index in [2.05, 4.69) is 6.07 Å². The lowest BCUT2D eigenvalue weighted by molar-refractivity contribution is -0.156. The van der Waals surface area contributed by atoms with Crippen LogP contribution in [-0.4, -0.2) is 53.8 Å². The van der Waals surface area contributed by atoms with Gasteiger partial charge in [-0.05, 0) is 40.5 Å². The van der Waals surface area contributed by atoms with Gasteiger partial charge in [-0.2, -0.15) is 5.26 Å². The van der Waals surface area contributed by atoms with Crippen LogP contribution in [-0.2, 0) is 27.9 Å². The largest absolute Gasteiger partial charge is 0.461 e. The molecule has 0 radical (unpaired) electrons. The summed E-state index contributed by atoms with van der Waals surface area (Å²) in [6, 6.07) is 0.760. The van der Waals surface area contributed by atoms with Crippen LogP contribution in [0.3, 0.4) is 0 Å². The molecule has 4 atom stereocenters. The lowest BCUT2D eigenvalue weighted by atomic mass is 9.88. The molecule has 1 amide bonds. The number of hydrogen-bond donors (Lipinski definition) is 0. The fourth-order valence-corrected chi connectivity index (χ4v) is 6.01. The molecule has 1 aliphatic heterocycles. The van der Waals surface area contributed by atoms with Gasteiger partial charge in [0, 0.05) is 6.42 Å². The minimum atomic E-state index is -3.56. The average molecular weight is 412 g/mol. The predicted molar refractivity (Wildman–Crippen MR) is 102 cm³/mol. The molecular formula is C19H29N2O6P. The van der Waals surface area contributed by atoms with Crippen molar-refractivity contribution in [2.45, 2.75) is 70.8 Å². The maximum absolute atomic E-state index is 13.3. The summed E-state index contributed by atoms with van der Waals surface area (Å²) in [5.74, 6) is -1.51. The summed E-state index contributed by atoms with van der Waals surface area (Å²) in [6.45, 7) is 7.29. The molecule has 1 fully saturated rings. The van der Waals surface area contributed by atoms with E-state index >= 15 is 0 Å². The Bertz CT molecular complexity index is 691. The Morgan fingerprint density at radius 1 is 1.36 bits per heavy atom. The number of hydrogen-bond acceptors (Lipinski definition) is 7. The zero-order valence-corrected chi connectivity index (χ0v) is 17.8. The topological polar surface area (TPSA) is 106 Å². The summed E-state index contributed by atoms with van der Waals surface area (Å²) in [5.41, 5.74) is -0.706. The van der Waals surface area contributed by atoms with Crippen molar-refractivity contribution in [3.63, 3.8) is 0 Å². The third-order valence-electron chi connectivity index (χ3n) is 4.87. The summed E-state index contributed by atoms with van der Waals surface area (Å²) in [6.07, 6.45) is 4.11. The number of carbonyl (C=O) groups is 2. The van der Waals surface area contributed by atoms with Gasteiger partial charge in [0.05, 0.1) is 43.0 Å². The van der Waals surface area contributed by atoms with Gasteiger partial charge in [-0.15, -0.1) is 0 Å². The number of likely N-dealkylation sites (tertiary alicyclic amines) is 1. The second-order valence-electron chi connectivity index (χ2n) is 7.09. The number of amides is 1. The van der Waals surface area contributed by atoms with E-state index < -0.39 is 37.2 Å². The zero-order chi connectivity index (χ0) is 20.9. The number of allylic oxidation sites excluding steroid dienone is 1. The third-order valence-corrected chi connectivity index (χ3v) is 7.45. The molecule has 156 valence electrons. The Kier molecular flexibility index (Phi) is 7.82. The molecule has 0 saturated carbocycles. The maximum Gasteiger partial charge on any atom is 0.335 e. The van der Waals surface area contributed by atoms with Crippen molar-refractivity contribution in [2.24, 2.45) is 5.92 Å². The molecule has 9 heteroatoms. The van der Waals surface area contributed by atoms with E-state index in [-0.39, 0.29) is 31.6 Å². The molecule has 1 heterocycles. The van der Waals surface area contributed by atoms with Gasteiger partial charge >= 0.3 is 13.6 Å². The van der Waals surface area contributed by atoms with Gasteiger partial charge < -0.3 is 18.7 Å². The minimum Gasteiger partial charge on any atom is -0.461 e. The second kappa shape index (κ2) is 9.69. The molecule has 1 saturated heterocycles. The van der Waals surface area contributed by atoms with Crippen LogP contribution >= 0.6 is 7.60 Å². The Hall–Kier alpha value is -1.68. The van der Waals surface area contributed by atoms with E-state index in [4.69, 9.17) is 13.8 Å². The lowest BCUT2D eigenvalue weighted by Crippen LogP contribution is -2.51. The van der Waals surface area contributed by atoms with E-state index in [9.17, 15) is 19.4 Å². The van der Waals surface area contributed by atoms with Crippen molar-refractivity contribution in [3.05, 3.63) is 12.2 Å². The quantitative estimate of drug-likeness (QED) is 0.343. The van der Waals surface area contributed by atoms with Crippen LogP contribution < -0.4 is 0 Å². The van der Waals surface area contributed by atoms with Gasteiger partial charge in [-0.25, -0.2) is 4.79 Å². The molecule has 0 aromatic carbocycles. The van der Waals surface area contributed by atoms with Crippen molar-refractivity contribution >= 4 is 19.5 Å². The second-order valence-corrected chi connectivity index (χ2v) is 9.35. The van der Waals surface area contributed by atoms with Crippen LogP contribution in [0, 0.1) is 17.2 Å². The van der Waals surface area contributed by atoms with E-state index in [1.165, 1.54) is 4.90 Å². The Labute approximate surface area is 166 Å². The molecule has 0 spiro atoms. The fourth-order valence-electron chi connectivity index (χ4n) is 3.81. The molecule has 2 aliphatic rings. The monoisotopic (exact) mass is 412 g/mol. The number of ether oxygens (including phenoxy) is 1. The first-order chi connectivity index (χ1) is 13.3. The normalized spacial score (nSPS) is 27.9. The molecule has 0 N–H and O–H groups in total. The summed E-state index contributed by atoms with van der Waals surface area (Å²) in [7, 11) is -3.56. The highest BCUT2D eigenvalue weighted by Gasteiger charge is 2.50. The van der Waals surface area contributed by atoms with Gasteiger partial charge in [-0.3, -0.25) is 9.36 Å². The molecule has 1 aliphatic carbocycles. The molecule has 2 rings (SSSR count). The van der Waals surface area contributed by atoms with Crippen molar-refractivity contribution in [1.82, 2.24) is 4.90 Å². The van der Waals surface area contributed by atoms with E-state index in [1.807, 2.05) is 0 Å². The Morgan fingerprint density at radius 2 is 2.00 bits per heavy atom. The Morgan fingerprint density at radius 3 is 2.54 bits per heavy atom. The SMILES string of the molecule is CCOP(=O)(OCC)[C@@H]1CC=C[C@@H](N2C(=O)CC[C@H]2C(=O)OC(C)C)[C@H]1C#N. The smallest absolute Gasteiger partial charge is 0.335 e. The number of esters is 1. The predicted octanol–water partition coefficient (Wildman–Crippen LogP) is 3.03. The summed E-state index contributed by atoms with van der Waals surface area (Å²) >= 11 is 0. The van der Waals surface area contributed by atoms with Gasteiger partial charge in [0.15, 0.2) is 0 Å². The van der Waals surface area contributed by atoms with Gasteiger partial charge in [0.2, 0.25) is 5.91 Å². The summed E-state index contributed by atoms with van der Waals surface area (Å²) in [4.78, 5) is 26.5. The molecule has 28 heavy (non-hydrogen) atoms. The van der Waals surface area contributed by atoms with Crippen molar-refractivity contribution in [2.75, 3.05) is 13.2 Å². The van der Waals surface area contributed by atoms with Crippen molar-refractivity contribution in [1.29, 1.82) is 5.26 Å². The third kappa shape index (κ3) is 4.65. The van der Waals surface area contributed by atoms with Crippen LogP contribution in [0.4, 0.5) is 0 Å². The number of carbonyl (C=O) groups excluding carboxylic acids is 2. The standard InChI is InChI=1S/C19H29N2O6P/c1-5-25-28(24,26-6-2)17-9-7-8-15(14(17)12-20)21-16(10-11-18(21)22)19(23)27-13(3)4/h7-8,13-17H,5-6,9-11H2,1-4H3/t14-,15-,16+,17-/m1/s1. The first kappa shape index (κ1) is 22.6. The summed E-state index contributed by atoms with van der Waals surface area (Å²) < 4.78 is 29.5. The van der Waals surface area contributed by atoms with E-state index in [0.29, 0.717) is 12.8 Å². The van der Waals surface area contributed by atoms with Crippen molar-refractivity contribution in [3.8, 4) is 6.07 Å². The summed E-state index contributed by atoms with van der Waals surface area (Å²) in [5, 5.41) is 9.88. The first-order valence-corrected chi connectivity index (χ1v) is 11.4. The van der Waals surface area contributed by atoms with Crippen LogP contribution in [0.2, 0.25) is 0 Å². The van der Waals surface area contributed by atoms with Crippen molar-refractivity contribution < 1.29 is 27.9 Å². The maximum atomic E-state index is 13.3. The molecule has 0 unspecified atom stereocenters. The number of nitriles is 1. The molecule has 0 bridgehead atoms. The van der Waals surface area contributed by atoms with Crippen LogP contribution in [0.5, 0.6) is 0 Å². The number of rotatable bonds is 8. The Balaban J connectivity index is 2.35. The highest BCUT2D eigenvalue weighted by molar-refractivity contribution is 7.54. The van der Waals surface area contributed by atoms with Crippen LogP contribution in [0.1, 0.15) is 47.0 Å².